The SMILES string of the molecule is CCOc1ccccc1NC(=O)CCN(C(C)=O)c1ccc(F)c(Cl)c1. The van der Waals surface area contributed by atoms with Crippen LogP contribution >= 0.6 is 11.6 Å². The highest BCUT2D eigenvalue weighted by Crippen LogP contribution is 2.25. The molecule has 0 saturated carbocycles. The fourth-order valence-electron chi connectivity index (χ4n) is 2.40. The molecule has 0 aliphatic rings. The van der Waals surface area contributed by atoms with Crippen LogP contribution in [0.3, 0.4) is 0 Å². The molecule has 0 aliphatic heterocycles. The molecule has 0 atom stereocenters. The molecule has 7 heteroatoms. The number of amides is 2. The molecule has 0 spiro atoms. The predicted octanol–water partition coefficient (Wildman–Crippen LogP) is 4.26. The fourth-order valence-corrected chi connectivity index (χ4v) is 2.57. The van der Waals surface area contributed by atoms with Gasteiger partial charge in [0.1, 0.15) is 11.6 Å². The molecule has 2 aromatic carbocycles. The Hall–Kier alpha value is -2.60. The highest BCUT2D eigenvalue weighted by molar-refractivity contribution is 6.31. The number of carbonyl (C=O) groups excluding carboxylic acids is 2. The third-order valence-electron chi connectivity index (χ3n) is 3.62. The van der Waals surface area contributed by atoms with Gasteiger partial charge in [0, 0.05) is 25.6 Å². The van der Waals surface area contributed by atoms with Crippen molar-refractivity contribution in [2.24, 2.45) is 0 Å². The van der Waals surface area contributed by atoms with Crippen LogP contribution in [0.5, 0.6) is 5.75 Å². The van der Waals surface area contributed by atoms with E-state index in [0.29, 0.717) is 23.7 Å². The van der Waals surface area contributed by atoms with Crippen molar-refractivity contribution in [3.63, 3.8) is 0 Å². The minimum atomic E-state index is -0.566. The summed E-state index contributed by atoms with van der Waals surface area (Å²) in [6.07, 6.45) is 0.0645. The summed E-state index contributed by atoms with van der Waals surface area (Å²) in [4.78, 5) is 25.5. The summed E-state index contributed by atoms with van der Waals surface area (Å²) in [6.45, 7) is 3.85. The number of rotatable bonds is 7. The quantitative estimate of drug-likeness (QED) is 0.783. The molecule has 0 aromatic heterocycles. The monoisotopic (exact) mass is 378 g/mol. The first kappa shape index (κ1) is 19.7. The first-order valence-corrected chi connectivity index (χ1v) is 8.55. The summed E-state index contributed by atoms with van der Waals surface area (Å²) in [7, 11) is 0. The van der Waals surface area contributed by atoms with E-state index in [0.717, 1.165) is 0 Å². The summed E-state index contributed by atoms with van der Waals surface area (Å²) in [5.41, 5.74) is 1.00. The molecule has 2 rings (SSSR count). The van der Waals surface area contributed by atoms with Crippen LogP contribution in [0.2, 0.25) is 5.02 Å². The Morgan fingerprint density at radius 1 is 1.23 bits per heavy atom. The molecule has 0 unspecified atom stereocenters. The zero-order chi connectivity index (χ0) is 19.1. The number of para-hydroxylation sites is 2. The molecule has 5 nitrogen and oxygen atoms in total. The average Bonchev–Trinajstić information content (AvgIpc) is 2.60. The number of hydrogen-bond donors (Lipinski definition) is 1. The molecule has 2 aromatic rings. The van der Waals surface area contributed by atoms with Crippen LogP contribution in [0, 0.1) is 5.82 Å². The topological polar surface area (TPSA) is 58.6 Å². The Labute approximate surface area is 156 Å². The lowest BCUT2D eigenvalue weighted by atomic mass is 10.2. The number of halogens is 2. The van der Waals surface area contributed by atoms with E-state index in [1.54, 1.807) is 18.2 Å². The first-order chi connectivity index (χ1) is 12.4. The van der Waals surface area contributed by atoms with Crippen molar-refractivity contribution in [2.75, 3.05) is 23.4 Å². The van der Waals surface area contributed by atoms with Crippen LogP contribution in [0.1, 0.15) is 20.3 Å². The molecular weight excluding hydrogens is 359 g/mol. The predicted molar refractivity (Wildman–Crippen MR) is 100 cm³/mol. The number of ether oxygens (including phenoxy) is 1. The van der Waals surface area contributed by atoms with Gasteiger partial charge >= 0.3 is 0 Å². The standard InChI is InChI=1S/C19H20ClFN2O3/c1-3-26-18-7-5-4-6-17(18)22-19(25)10-11-23(13(2)24)14-8-9-16(21)15(20)12-14/h4-9,12H,3,10-11H2,1-2H3,(H,22,25). The van der Waals surface area contributed by atoms with Crippen molar-refractivity contribution in [3.05, 3.63) is 53.3 Å². The van der Waals surface area contributed by atoms with Crippen molar-refractivity contribution < 1.29 is 18.7 Å². The number of nitrogens with one attached hydrogen (secondary N) is 1. The van der Waals surface area contributed by atoms with Crippen molar-refractivity contribution in [1.82, 2.24) is 0 Å². The lowest BCUT2D eigenvalue weighted by molar-refractivity contribution is -0.117. The lowest BCUT2D eigenvalue weighted by Gasteiger charge is -2.21. The Morgan fingerprint density at radius 3 is 2.62 bits per heavy atom. The van der Waals surface area contributed by atoms with Gasteiger partial charge < -0.3 is 15.0 Å². The van der Waals surface area contributed by atoms with Gasteiger partial charge in [0.05, 0.1) is 17.3 Å². The summed E-state index contributed by atoms with van der Waals surface area (Å²) in [5, 5.41) is 2.69. The minimum Gasteiger partial charge on any atom is -0.492 e. The molecular formula is C19H20ClFN2O3. The number of anilines is 2. The average molecular weight is 379 g/mol. The molecule has 0 radical (unpaired) electrons. The zero-order valence-electron chi connectivity index (χ0n) is 14.6. The second kappa shape index (κ2) is 9.20. The Kier molecular flexibility index (Phi) is 6.97. The van der Waals surface area contributed by atoms with Crippen LogP contribution in [-0.4, -0.2) is 25.0 Å². The molecule has 0 aliphatic carbocycles. The minimum absolute atomic E-state index is 0.0645. The van der Waals surface area contributed by atoms with E-state index in [1.807, 2.05) is 13.0 Å². The van der Waals surface area contributed by atoms with Crippen molar-refractivity contribution >= 4 is 34.8 Å². The first-order valence-electron chi connectivity index (χ1n) is 8.17. The Balaban J connectivity index is 2.04. The number of carbonyl (C=O) groups is 2. The van der Waals surface area contributed by atoms with Crippen LogP contribution in [0.25, 0.3) is 0 Å². The fraction of sp³-hybridized carbons (Fsp3) is 0.263. The van der Waals surface area contributed by atoms with Crippen molar-refractivity contribution in [1.29, 1.82) is 0 Å². The maximum atomic E-state index is 13.3. The van der Waals surface area contributed by atoms with E-state index in [-0.39, 0.29) is 29.8 Å². The summed E-state index contributed by atoms with van der Waals surface area (Å²) in [6, 6.07) is 11.1. The van der Waals surface area contributed by atoms with Gasteiger partial charge in [-0.25, -0.2) is 4.39 Å². The highest BCUT2D eigenvalue weighted by Gasteiger charge is 2.16. The number of benzene rings is 2. The summed E-state index contributed by atoms with van der Waals surface area (Å²) >= 11 is 5.77. The Bertz CT molecular complexity index is 798. The maximum Gasteiger partial charge on any atom is 0.226 e. The number of hydrogen-bond acceptors (Lipinski definition) is 3. The van der Waals surface area contributed by atoms with Crippen molar-refractivity contribution in [2.45, 2.75) is 20.3 Å². The van der Waals surface area contributed by atoms with E-state index in [4.69, 9.17) is 16.3 Å². The van der Waals surface area contributed by atoms with E-state index >= 15 is 0 Å². The van der Waals surface area contributed by atoms with E-state index < -0.39 is 5.82 Å². The van der Waals surface area contributed by atoms with Gasteiger partial charge in [0.2, 0.25) is 11.8 Å². The van der Waals surface area contributed by atoms with Gasteiger partial charge in [-0.1, -0.05) is 23.7 Å². The highest BCUT2D eigenvalue weighted by atomic mass is 35.5. The molecule has 138 valence electrons. The molecule has 0 heterocycles. The third-order valence-corrected chi connectivity index (χ3v) is 3.91. The van der Waals surface area contributed by atoms with Gasteiger partial charge in [-0.15, -0.1) is 0 Å². The maximum absolute atomic E-state index is 13.3. The second-order valence-electron chi connectivity index (χ2n) is 5.50. The molecule has 1 N–H and O–H groups in total. The van der Waals surface area contributed by atoms with Crippen LogP contribution in [0.15, 0.2) is 42.5 Å². The largest absolute Gasteiger partial charge is 0.492 e. The molecule has 2 amide bonds. The van der Waals surface area contributed by atoms with Gasteiger partial charge in [-0.2, -0.15) is 0 Å². The van der Waals surface area contributed by atoms with Crippen LogP contribution in [-0.2, 0) is 9.59 Å². The van der Waals surface area contributed by atoms with E-state index in [2.05, 4.69) is 5.32 Å². The lowest BCUT2D eigenvalue weighted by Crippen LogP contribution is -2.32. The van der Waals surface area contributed by atoms with Gasteiger partial charge in [-0.3, -0.25) is 9.59 Å². The van der Waals surface area contributed by atoms with Gasteiger partial charge in [-0.05, 0) is 37.3 Å². The number of nitrogens with zero attached hydrogens (tertiary/aromatic N) is 1. The molecule has 0 saturated heterocycles. The van der Waals surface area contributed by atoms with E-state index in [1.165, 1.54) is 30.0 Å². The van der Waals surface area contributed by atoms with Gasteiger partial charge in [0.25, 0.3) is 0 Å². The zero-order valence-corrected chi connectivity index (χ0v) is 15.3. The Morgan fingerprint density at radius 2 is 1.96 bits per heavy atom. The van der Waals surface area contributed by atoms with Crippen LogP contribution in [0.4, 0.5) is 15.8 Å². The molecule has 0 fully saturated rings. The summed E-state index contributed by atoms with van der Waals surface area (Å²) < 4.78 is 18.8. The summed E-state index contributed by atoms with van der Waals surface area (Å²) in [5.74, 6) is -0.520. The van der Waals surface area contributed by atoms with Crippen molar-refractivity contribution in [3.8, 4) is 5.75 Å². The van der Waals surface area contributed by atoms with E-state index in [9.17, 15) is 14.0 Å². The van der Waals surface area contributed by atoms with Gasteiger partial charge in [0.15, 0.2) is 0 Å². The second-order valence-corrected chi connectivity index (χ2v) is 5.90. The normalized spacial score (nSPS) is 10.3. The van der Waals surface area contributed by atoms with Crippen LogP contribution < -0.4 is 15.0 Å². The third kappa shape index (κ3) is 5.20. The molecule has 26 heavy (non-hydrogen) atoms. The smallest absolute Gasteiger partial charge is 0.226 e. The molecule has 0 bridgehead atoms.